The van der Waals surface area contributed by atoms with Crippen molar-refractivity contribution < 1.29 is 17.6 Å². The SMILES string of the molecule is O=C(N1CCC2(CCN2S(=O)(=O)c2cccs2)C1)C1(F)CCC1. The van der Waals surface area contributed by atoms with Crippen LogP contribution in [-0.2, 0) is 14.8 Å². The summed E-state index contributed by atoms with van der Waals surface area (Å²) in [6, 6.07) is 3.33. The second-order valence-corrected chi connectivity index (χ2v) is 9.82. The van der Waals surface area contributed by atoms with E-state index < -0.39 is 27.1 Å². The average Bonchev–Trinajstić information content (AvgIpc) is 3.12. The molecule has 3 fully saturated rings. The first-order chi connectivity index (χ1) is 10.9. The minimum Gasteiger partial charge on any atom is -0.338 e. The number of carbonyl (C=O) groups excluding carboxylic acids is 1. The lowest BCUT2D eigenvalue weighted by molar-refractivity contribution is -0.149. The Morgan fingerprint density at radius 1 is 1.22 bits per heavy atom. The molecule has 1 amide bonds. The van der Waals surface area contributed by atoms with Crippen molar-refractivity contribution >= 4 is 27.3 Å². The molecule has 5 nitrogen and oxygen atoms in total. The predicted molar refractivity (Wildman–Crippen MR) is 84.4 cm³/mol. The van der Waals surface area contributed by atoms with E-state index in [2.05, 4.69) is 0 Å². The minimum absolute atomic E-state index is 0.298. The zero-order valence-electron chi connectivity index (χ0n) is 12.7. The highest BCUT2D eigenvalue weighted by molar-refractivity contribution is 7.91. The molecule has 1 aliphatic carbocycles. The zero-order valence-corrected chi connectivity index (χ0v) is 14.3. The van der Waals surface area contributed by atoms with Crippen LogP contribution in [0.25, 0.3) is 0 Å². The number of carbonyl (C=O) groups is 1. The van der Waals surface area contributed by atoms with Crippen molar-refractivity contribution in [1.82, 2.24) is 9.21 Å². The molecule has 2 saturated heterocycles. The quantitative estimate of drug-likeness (QED) is 0.830. The molecule has 1 aromatic rings. The van der Waals surface area contributed by atoms with E-state index >= 15 is 0 Å². The number of rotatable bonds is 3. The van der Waals surface area contributed by atoms with Crippen molar-refractivity contribution in [3.8, 4) is 0 Å². The Hall–Kier alpha value is -0.990. The van der Waals surface area contributed by atoms with Gasteiger partial charge in [0.25, 0.3) is 15.9 Å². The number of sulfonamides is 1. The van der Waals surface area contributed by atoms with Crippen LogP contribution in [0.15, 0.2) is 21.7 Å². The summed E-state index contributed by atoms with van der Waals surface area (Å²) in [6.45, 7) is 1.24. The molecule has 0 radical (unpaired) electrons. The van der Waals surface area contributed by atoms with Crippen molar-refractivity contribution in [1.29, 1.82) is 0 Å². The molecule has 3 heterocycles. The van der Waals surface area contributed by atoms with Crippen LogP contribution in [0.1, 0.15) is 32.1 Å². The third-order valence-electron chi connectivity index (χ3n) is 5.50. The van der Waals surface area contributed by atoms with Gasteiger partial charge in [0.1, 0.15) is 4.21 Å². The van der Waals surface area contributed by atoms with Crippen LogP contribution in [-0.4, -0.2) is 54.4 Å². The Bertz CT molecular complexity index is 730. The fourth-order valence-electron chi connectivity index (χ4n) is 3.84. The van der Waals surface area contributed by atoms with Crippen LogP contribution in [0.5, 0.6) is 0 Å². The van der Waals surface area contributed by atoms with Crippen LogP contribution < -0.4 is 0 Å². The predicted octanol–water partition coefficient (Wildman–Crippen LogP) is 2.01. The molecule has 0 aromatic carbocycles. The molecule has 8 heteroatoms. The van der Waals surface area contributed by atoms with Crippen LogP contribution in [0.4, 0.5) is 4.39 Å². The Morgan fingerprint density at radius 2 is 1.96 bits per heavy atom. The van der Waals surface area contributed by atoms with Gasteiger partial charge in [-0.25, -0.2) is 12.8 Å². The summed E-state index contributed by atoms with van der Waals surface area (Å²) in [4.78, 5) is 13.9. The second kappa shape index (κ2) is 5.00. The highest BCUT2D eigenvalue weighted by Crippen LogP contribution is 2.45. The van der Waals surface area contributed by atoms with Crippen LogP contribution in [0, 0.1) is 0 Å². The van der Waals surface area contributed by atoms with Gasteiger partial charge in [-0.2, -0.15) is 4.31 Å². The molecular weight excluding hydrogens is 339 g/mol. The van der Waals surface area contributed by atoms with E-state index in [4.69, 9.17) is 0 Å². The molecular formula is C15H19FN2O3S2. The monoisotopic (exact) mass is 358 g/mol. The van der Waals surface area contributed by atoms with Gasteiger partial charge in [0.15, 0.2) is 5.67 Å². The third kappa shape index (κ3) is 2.18. The first-order valence-electron chi connectivity index (χ1n) is 7.92. The lowest BCUT2D eigenvalue weighted by Crippen LogP contribution is -2.63. The van der Waals surface area contributed by atoms with E-state index in [1.165, 1.54) is 20.5 Å². The summed E-state index contributed by atoms with van der Waals surface area (Å²) < 4.78 is 41.7. The Labute approximate surface area is 139 Å². The average molecular weight is 358 g/mol. The van der Waals surface area contributed by atoms with Gasteiger partial charge >= 0.3 is 0 Å². The van der Waals surface area contributed by atoms with Gasteiger partial charge in [-0.1, -0.05) is 6.07 Å². The van der Waals surface area contributed by atoms with Gasteiger partial charge in [0, 0.05) is 19.6 Å². The van der Waals surface area contributed by atoms with Crippen LogP contribution >= 0.6 is 11.3 Å². The third-order valence-corrected chi connectivity index (χ3v) is 8.87. The number of alkyl halides is 1. The van der Waals surface area contributed by atoms with Crippen LogP contribution in [0.3, 0.4) is 0 Å². The number of amides is 1. The normalized spacial score (nSPS) is 30.2. The van der Waals surface area contributed by atoms with E-state index in [1.54, 1.807) is 17.5 Å². The Balaban J connectivity index is 1.53. The van der Waals surface area contributed by atoms with E-state index in [0.29, 0.717) is 43.1 Å². The molecule has 1 spiro atoms. The summed E-state index contributed by atoms with van der Waals surface area (Å²) in [5.74, 6) is -0.444. The van der Waals surface area contributed by atoms with Gasteiger partial charge < -0.3 is 4.90 Å². The van der Waals surface area contributed by atoms with Crippen molar-refractivity contribution in [2.24, 2.45) is 0 Å². The molecule has 1 atom stereocenters. The van der Waals surface area contributed by atoms with Crippen LogP contribution in [0.2, 0.25) is 0 Å². The molecule has 4 rings (SSSR count). The smallest absolute Gasteiger partial charge is 0.260 e. The minimum atomic E-state index is -3.51. The van der Waals surface area contributed by atoms with Crippen molar-refractivity contribution in [2.45, 2.75) is 47.5 Å². The van der Waals surface area contributed by atoms with E-state index in [-0.39, 0.29) is 0 Å². The molecule has 0 N–H and O–H groups in total. The van der Waals surface area contributed by atoms with E-state index in [9.17, 15) is 17.6 Å². The standard InChI is InChI=1S/C15H19FN2O3S2/c16-15(4-2-5-15)13(19)17-8-6-14(11-17)7-9-18(14)23(20,21)12-3-1-10-22-12/h1,3,10H,2,4-9,11H2. The van der Waals surface area contributed by atoms with Crippen molar-refractivity contribution in [3.63, 3.8) is 0 Å². The molecule has 3 aliphatic rings. The van der Waals surface area contributed by atoms with Crippen molar-refractivity contribution in [2.75, 3.05) is 19.6 Å². The number of halogens is 1. The van der Waals surface area contributed by atoms with Crippen molar-refractivity contribution in [3.05, 3.63) is 17.5 Å². The number of hydrogen-bond donors (Lipinski definition) is 0. The highest BCUT2D eigenvalue weighted by Gasteiger charge is 2.58. The topological polar surface area (TPSA) is 57.7 Å². The number of likely N-dealkylation sites (tertiary alicyclic amines) is 1. The fraction of sp³-hybridized carbons (Fsp3) is 0.667. The maximum atomic E-state index is 14.4. The molecule has 2 aliphatic heterocycles. The second-order valence-electron chi connectivity index (χ2n) is 6.78. The Kier molecular flexibility index (Phi) is 3.38. The molecule has 126 valence electrons. The number of nitrogens with zero attached hydrogens (tertiary/aromatic N) is 2. The van der Waals surface area contributed by atoms with Gasteiger partial charge in [-0.15, -0.1) is 11.3 Å². The summed E-state index contributed by atoms with van der Waals surface area (Å²) in [5.41, 5.74) is -2.23. The maximum absolute atomic E-state index is 14.4. The molecule has 23 heavy (non-hydrogen) atoms. The summed E-state index contributed by atoms with van der Waals surface area (Å²) in [6.07, 6.45) is 2.68. The van der Waals surface area contributed by atoms with E-state index in [0.717, 1.165) is 12.8 Å². The number of hydrogen-bond acceptors (Lipinski definition) is 4. The molecule has 1 saturated carbocycles. The van der Waals surface area contributed by atoms with Gasteiger partial charge in [0.2, 0.25) is 0 Å². The first kappa shape index (κ1) is 15.5. The lowest BCUT2D eigenvalue weighted by Gasteiger charge is -2.49. The zero-order chi connectivity index (χ0) is 16.3. The largest absolute Gasteiger partial charge is 0.338 e. The number of thiophene rings is 1. The molecule has 0 bridgehead atoms. The van der Waals surface area contributed by atoms with Gasteiger partial charge in [-0.3, -0.25) is 4.79 Å². The first-order valence-corrected chi connectivity index (χ1v) is 10.2. The lowest BCUT2D eigenvalue weighted by atomic mass is 9.81. The van der Waals surface area contributed by atoms with E-state index in [1.807, 2.05) is 0 Å². The van der Waals surface area contributed by atoms with Gasteiger partial charge in [-0.05, 0) is 43.6 Å². The summed E-state index contributed by atoms with van der Waals surface area (Å²) in [7, 11) is -3.51. The summed E-state index contributed by atoms with van der Waals surface area (Å²) in [5, 5.41) is 1.74. The maximum Gasteiger partial charge on any atom is 0.260 e. The highest BCUT2D eigenvalue weighted by atomic mass is 32.2. The molecule has 1 aromatic heterocycles. The Morgan fingerprint density at radius 3 is 2.48 bits per heavy atom. The molecule has 1 unspecified atom stereocenters. The fourth-order valence-corrected chi connectivity index (χ4v) is 6.76. The van der Waals surface area contributed by atoms with Gasteiger partial charge in [0.05, 0.1) is 5.54 Å². The summed E-state index contributed by atoms with van der Waals surface area (Å²) >= 11 is 1.20.